The highest BCUT2D eigenvalue weighted by molar-refractivity contribution is 8.04. The standard InChI is InChI=1S/C35H33NS2/c1-5-24(21-34-36(7-3)35-29-15-11-9-13-27(29)17-19-32(35)38-34)20-33-23(4)25(6-2)22-30-28-14-10-8-12-26(28)16-18-31(30)37-33/h8-22H,5-7H2,1-4H3/b24-20+,34-21+. The summed E-state index contributed by atoms with van der Waals surface area (Å²) < 4.78 is 0. The highest BCUT2D eigenvalue weighted by Gasteiger charge is 2.26. The summed E-state index contributed by atoms with van der Waals surface area (Å²) >= 11 is 3.82. The number of fused-ring (bicyclic) bond motifs is 6. The Balaban J connectivity index is 1.41. The molecule has 0 saturated heterocycles. The lowest BCUT2D eigenvalue weighted by molar-refractivity contribution is 1.00. The van der Waals surface area contributed by atoms with Crippen molar-refractivity contribution >= 4 is 56.8 Å². The fourth-order valence-corrected chi connectivity index (χ4v) is 7.89. The number of anilines is 1. The lowest BCUT2D eigenvalue weighted by Crippen LogP contribution is -2.17. The molecule has 0 amide bonds. The van der Waals surface area contributed by atoms with E-state index in [0.717, 1.165) is 19.4 Å². The fraction of sp³-hybridized carbons (Fsp3) is 0.200. The maximum Gasteiger partial charge on any atom is 0.0804 e. The number of nitrogens with zero attached hydrogens (tertiary/aromatic N) is 1. The van der Waals surface area contributed by atoms with Gasteiger partial charge in [-0.1, -0.05) is 98.0 Å². The molecule has 0 fully saturated rings. The van der Waals surface area contributed by atoms with Gasteiger partial charge in [-0.15, -0.1) is 0 Å². The van der Waals surface area contributed by atoms with Crippen molar-refractivity contribution in [3.8, 4) is 0 Å². The average Bonchev–Trinajstić information content (AvgIpc) is 3.25. The van der Waals surface area contributed by atoms with Gasteiger partial charge in [0, 0.05) is 26.6 Å². The van der Waals surface area contributed by atoms with E-state index >= 15 is 0 Å². The number of allylic oxidation sites excluding steroid dienone is 5. The first-order valence-corrected chi connectivity index (χ1v) is 15.2. The molecule has 0 unspecified atom stereocenters. The zero-order valence-corrected chi connectivity index (χ0v) is 24.2. The van der Waals surface area contributed by atoms with Gasteiger partial charge in [0.05, 0.1) is 10.7 Å². The van der Waals surface area contributed by atoms with Gasteiger partial charge >= 0.3 is 0 Å². The van der Waals surface area contributed by atoms with Crippen LogP contribution in [0.1, 0.15) is 46.1 Å². The number of benzene rings is 4. The Hall–Kier alpha value is -3.14. The van der Waals surface area contributed by atoms with Gasteiger partial charge in [-0.3, -0.25) is 0 Å². The molecule has 0 N–H and O–H groups in total. The summed E-state index contributed by atoms with van der Waals surface area (Å²) in [6.07, 6.45) is 9.31. The predicted molar refractivity (Wildman–Crippen MR) is 170 cm³/mol. The molecule has 4 aromatic carbocycles. The lowest BCUT2D eigenvalue weighted by atomic mass is 9.97. The van der Waals surface area contributed by atoms with Crippen LogP contribution in [-0.2, 0) is 0 Å². The maximum atomic E-state index is 2.49. The summed E-state index contributed by atoms with van der Waals surface area (Å²) in [5.74, 6) is 0. The number of hydrogen-bond donors (Lipinski definition) is 0. The summed E-state index contributed by atoms with van der Waals surface area (Å²) in [4.78, 5) is 6.54. The summed E-state index contributed by atoms with van der Waals surface area (Å²) in [6, 6.07) is 26.6. The second-order valence-corrected chi connectivity index (χ2v) is 12.0. The molecule has 2 aliphatic heterocycles. The Morgan fingerprint density at radius 3 is 2.18 bits per heavy atom. The monoisotopic (exact) mass is 531 g/mol. The SMILES string of the molecule is CCC1=Cc2c(ccc3ccccc23)SC(/C=C(/C=C2/Sc3ccc4ccccc4c3N2CC)CC)=C1C. The van der Waals surface area contributed by atoms with Crippen LogP contribution < -0.4 is 4.90 Å². The summed E-state index contributed by atoms with van der Waals surface area (Å²) in [5.41, 5.74) is 6.89. The van der Waals surface area contributed by atoms with E-state index in [0.29, 0.717) is 0 Å². The van der Waals surface area contributed by atoms with Crippen LogP contribution in [0.5, 0.6) is 0 Å². The quantitative estimate of drug-likeness (QED) is 0.252. The van der Waals surface area contributed by atoms with Crippen LogP contribution in [0.3, 0.4) is 0 Å². The Morgan fingerprint density at radius 1 is 0.789 bits per heavy atom. The molecule has 6 rings (SSSR count). The molecule has 3 heteroatoms. The number of rotatable bonds is 5. The molecule has 2 heterocycles. The van der Waals surface area contributed by atoms with Crippen molar-refractivity contribution in [3.05, 3.63) is 117 Å². The minimum atomic E-state index is 0.955. The van der Waals surface area contributed by atoms with Crippen molar-refractivity contribution < 1.29 is 0 Å². The van der Waals surface area contributed by atoms with E-state index in [9.17, 15) is 0 Å². The molecule has 0 saturated carbocycles. The predicted octanol–water partition coefficient (Wildman–Crippen LogP) is 11.0. The van der Waals surface area contributed by atoms with Crippen molar-refractivity contribution in [2.24, 2.45) is 0 Å². The topological polar surface area (TPSA) is 3.24 Å². The molecular formula is C35H33NS2. The summed E-state index contributed by atoms with van der Waals surface area (Å²) in [6.45, 7) is 10.1. The van der Waals surface area contributed by atoms with Gasteiger partial charge in [0.15, 0.2) is 0 Å². The molecule has 0 aliphatic carbocycles. The van der Waals surface area contributed by atoms with Crippen LogP contribution in [0.25, 0.3) is 27.6 Å². The first-order valence-electron chi connectivity index (χ1n) is 13.6. The zero-order valence-electron chi connectivity index (χ0n) is 22.5. The largest absolute Gasteiger partial charge is 0.335 e. The highest BCUT2D eigenvalue weighted by atomic mass is 32.2. The van der Waals surface area contributed by atoms with Crippen molar-refractivity contribution in [2.75, 3.05) is 11.4 Å². The van der Waals surface area contributed by atoms with Crippen molar-refractivity contribution in [1.29, 1.82) is 0 Å². The van der Waals surface area contributed by atoms with E-state index in [-0.39, 0.29) is 0 Å². The van der Waals surface area contributed by atoms with Crippen molar-refractivity contribution in [1.82, 2.24) is 0 Å². The first kappa shape index (κ1) is 25.2. The fourth-order valence-electron chi connectivity index (χ4n) is 5.52. The molecule has 0 bridgehead atoms. The molecule has 38 heavy (non-hydrogen) atoms. The van der Waals surface area contributed by atoms with Crippen molar-refractivity contribution in [2.45, 2.75) is 50.3 Å². The maximum absolute atomic E-state index is 2.49. The van der Waals surface area contributed by atoms with Gasteiger partial charge in [0.1, 0.15) is 0 Å². The molecule has 2 aliphatic rings. The Kier molecular flexibility index (Phi) is 6.99. The Labute approximate surface area is 235 Å². The summed E-state index contributed by atoms with van der Waals surface area (Å²) in [7, 11) is 0. The van der Waals surface area contributed by atoms with Crippen LogP contribution in [-0.4, -0.2) is 6.54 Å². The van der Waals surface area contributed by atoms with E-state index in [2.05, 4.69) is 124 Å². The summed E-state index contributed by atoms with van der Waals surface area (Å²) in [5, 5.41) is 6.61. The van der Waals surface area contributed by atoms with E-state index in [1.807, 2.05) is 23.5 Å². The number of thioether (sulfide) groups is 2. The van der Waals surface area contributed by atoms with E-state index in [4.69, 9.17) is 0 Å². The Bertz CT molecular complexity index is 1690. The second kappa shape index (κ2) is 10.6. The van der Waals surface area contributed by atoms with Gasteiger partial charge in [-0.05, 0) is 95.5 Å². The first-order chi connectivity index (χ1) is 18.6. The van der Waals surface area contributed by atoms with Crippen LogP contribution in [0.15, 0.2) is 121 Å². The molecule has 0 atom stereocenters. The van der Waals surface area contributed by atoms with Crippen molar-refractivity contribution in [3.63, 3.8) is 0 Å². The molecule has 1 nitrogen and oxygen atoms in total. The highest BCUT2D eigenvalue weighted by Crippen LogP contribution is 2.50. The minimum Gasteiger partial charge on any atom is -0.335 e. The van der Waals surface area contributed by atoms with Gasteiger partial charge in [0.25, 0.3) is 0 Å². The van der Waals surface area contributed by atoms with E-state index in [1.165, 1.54) is 69.2 Å². The van der Waals surface area contributed by atoms with Gasteiger partial charge < -0.3 is 4.90 Å². The second-order valence-electron chi connectivity index (χ2n) is 9.85. The van der Waals surface area contributed by atoms with Crippen LogP contribution in [0, 0.1) is 0 Å². The zero-order chi connectivity index (χ0) is 26.2. The van der Waals surface area contributed by atoms with E-state index in [1.54, 1.807) is 0 Å². The molecule has 190 valence electrons. The molecule has 0 spiro atoms. The van der Waals surface area contributed by atoms with Crippen LogP contribution >= 0.6 is 23.5 Å². The molecular weight excluding hydrogens is 499 g/mol. The third-order valence-electron chi connectivity index (χ3n) is 7.67. The lowest BCUT2D eigenvalue weighted by Gasteiger charge is -2.20. The number of hydrogen-bond acceptors (Lipinski definition) is 3. The average molecular weight is 532 g/mol. The normalized spacial score (nSPS) is 16.7. The van der Waals surface area contributed by atoms with Gasteiger partial charge in [-0.2, -0.15) is 0 Å². The minimum absolute atomic E-state index is 0.955. The smallest absolute Gasteiger partial charge is 0.0804 e. The van der Waals surface area contributed by atoms with E-state index < -0.39 is 0 Å². The van der Waals surface area contributed by atoms with Gasteiger partial charge in [0.2, 0.25) is 0 Å². The Morgan fingerprint density at radius 2 is 1.47 bits per heavy atom. The van der Waals surface area contributed by atoms with Gasteiger partial charge in [-0.25, -0.2) is 0 Å². The third kappa shape index (κ3) is 4.42. The molecule has 4 aromatic rings. The third-order valence-corrected chi connectivity index (χ3v) is 9.98. The molecule has 0 aromatic heterocycles. The van der Waals surface area contributed by atoms with Crippen LogP contribution in [0.2, 0.25) is 0 Å². The van der Waals surface area contributed by atoms with Crippen LogP contribution in [0.4, 0.5) is 5.69 Å². The molecule has 0 radical (unpaired) electrons.